The molecule has 0 aromatic rings. The van der Waals surface area contributed by atoms with Crippen LogP contribution in [0.3, 0.4) is 0 Å². The summed E-state index contributed by atoms with van der Waals surface area (Å²) in [5.74, 6) is 0. The van der Waals surface area contributed by atoms with E-state index in [9.17, 15) is 0 Å². The minimum Gasteiger partial charge on any atom is -0.420 e. The summed E-state index contributed by atoms with van der Waals surface area (Å²) in [7, 11) is -1.48. The number of hydrogen-bond acceptors (Lipinski definition) is 1. The van der Waals surface area contributed by atoms with E-state index in [1.165, 1.54) is 5.67 Å². The van der Waals surface area contributed by atoms with Gasteiger partial charge in [0.15, 0.2) is 0 Å². The Morgan fingerprint density at radius 2 is 1.58 bits per heavy atom. The van der Waals surface area contributed by atoms with Crippen LogP contribution in [0.4, 0.5) is 0 Å². The van der Waals surface area contributed by atoms with Gasteiger partial charge in [-0.25, -0.2) is 0 Å². The summed E-state index contributed by atoms with van der Waals surface area (Å²) in [6, 6.07) is 0. The van der Waals surface area contributed by atoms with Crippen LogP contribution in [0.1, 0.15) is 0 Å². The van der Waals surface area contributed by atoms with Gasteiger partial charge in [0.05, 0.1) is 8.07 Å². The van der Waals surface area contributed by atoms with Crippen LogP contribution in [-0.2, 0) is 4.43 Å². The quantitative estimate of drug-likeness (QED) is 0.645. The van der Waals surface area contributed by atoms with Crippen molar-refractivity contribution in [1.82, 2.24) is 0 Å². The molecule has 0 aliphatic heterocycles. The topological polar surface area (TPSA) is 9.23 Å². The third-order valence-corrected chi connectivity index (χ3v) is 10.2. The molecule has 0 aliphatic carbocycles. The average molecular weight is 219 g/mol. The molecule has 0 aromatic heterocycles. The largest absolute Gasteiger partial charge is 0.420 e. The van der Waals surface area contributed by atoms with Crippen LogP contribution < -0.4 is 0 Å². The molecule has 12 heavy (non-hydrogen) atoms. The van der Waals surface area contributed by atoms with Gasteiger partial charge in [-0.05, 0) is 13.1 Å². The van der Waals surface area contributed by atoms with E-state index in [2.05, 4.69) is 39.3 Å². The highest BCUT2D eigenvalue weighted by Gasteiger charge is 2.23. The second-order valence-corrected chi connectivity index (χ2v) is 15.3. The minimum atomic E-state index is -0.981. The van der Waals surface area contributed by atoms with Crippen LogP contribution in [0.2, 0.25) is 44.9 Å². The van der Waals surface area contributed by atoms with Crippen LogP contribution in [0.15, 0.2) is 0 Å². The van der Waals surface area contributed by atoms with Crippen molar-refractivity contribution in [1.29, 1.82) is 0 Å². The lowest BCUT2D eigenvalue weighted by Crippen LogP contribution is -2.38. The second kappa shape index (κ2) is 5.36. The van der Waals surface area contributed by atoms with Gasteiger partial charge in [0, 0.05) is 15.0 Å². The molecule has 2 radical (unpaired) electrons. The summed E-state index contributed by atoms with van der Waals surface area (Å²) in [4.78, 5) is 0. The fraction of sp³-hybridized carbons (Fsp3) is 1.00. The Bertz CT molecular complexity index is 123. The van der Waals surface area contributed by atoms with Gasteiger partial charge >= 0.3 is 0 Å². The SMILES string of the molecule is C[Si](C)C[Si](C)(C)CO[Si](C)C. The average Bonchev–Trinajstić information content (AvgIpc) is 1.81. The molecule has 1 nitrogen and oxygen atoms in total. The van der Waals surface area contributed by atoms with Crippen LogP contribution in [0.25, 0.3) is 0 Å². The molecule has 0 saturated heterocycles. The molecular weight excluding hydrogens is 196 g/mol. The smallest absolute Gasteiger partial charge is 0.204 e. The van der Waals surface area contributed by atoms with Gasteiger partial charge in [0.25, 0.3) is 0 Å². The van der Waals surface area contributed by atoms with Crippen molar-refractivity contribution in [3.8, 4) is 0 Å². The molecule has 0 spiro atoms. The molecule has 0 saturated carbocycles. The Balaban J connectivity index is 3.71. The molecule has 0 unspecified atom stereocenters. The van der Waals surface area contributed by atoms with Crippen LogP contribution in [-0.4, -0.2) is 32.1 Å². The first-order valence-electron chi connectivity index (χ1n) is 4.55. The predicted molar refractivity (Wildman–Crippen MR) is 63.2 cm³/mol. The highest BCUT2D eigenvalue weighted by Crippen LogP contribution is 2.12. The first-order valence-corrected chi connectivity index (χ1v) is 13.1. The highest BCUT2D eigenvalue weighted by atomic mass is 28.4. The predicted octanol–water partition coefficient (Wildman–Crippen LogP) is 2.80. The maximum Gasteiger partial charge on any atom is 0.204 e. The molecule has 0 aliphatic rings. The zero-order chi connectivity index (χ0) is 9.78. The van der Waals surface area contributed by atoms with E-state index >= 15 is 0 Å². The van der Waals surface area contributed by atoms with Crippen LogP contribution in [0, 0.1) is 0 Å². The summed E-state index contributed by atoms with van der Waals surface area (Å²) < 4.78 is 5.79. The van der Waals surface area contributed by atoms with E-state index in [4.69, 9.17) is 4.43 Å². The Morgan fingerprint density at radius 1 is 1.08 bits per heavy atom. The molecule has 4 heteroatoms. The van der Waals surface area contributed by atoms with Gasteiger partial charge in [-0.3, -0.25) is 0 Å². The summed E-state index contributed by atoms with van der Waals surface area (Å²) in [6.07, 6.45) is 1.09. The fourth-order valence-corrected chi connectivity index (χ4v) is 12.1. The molecule has 0 bridgehead atoms. The lowest BCUT2D eigenvalue weighted by Gasteiger charge is -2.24. The molecule has 0 heterocycles. The molecule has 0 aromatic carbocycles. The molecule has 0 N–H and O–H groups in total. The minimum absolute atomic E-state index is 0.0459. The Kier molecular flexibility index (Phi) is 5.64. The van der Waals surface area contributed by atoms with Crippen molar-refractivity contribution in [3.63, 3.8) is 0 Å². The van der Waals surface area contributed by atoms with Gasteiger partial charge in [-0.1, -0.05) is 31.9 Å². The van der Waals surface area contributed by atoms with Crippen molar-refractivity contribution in [3.05, 3.63) is 0 Å². The summed E-state index contributed by atoms with van der Waals surface area (Å²) in [5.41, 5.74) is 1.49. The zero-order valence-corrected chi connectivity index (χ0v) is 12.3. The Labute approximate surface area is 81.9 Å². The molecule has 0 amide bonds. The van der Waals surface area contributed by atoms with Crippen molar-refractivity contribution in [2.75, 3.05) is 6.23 Å². The maximum atomic E-state index is 5.79. The number of hydrogen-bond donors (Lipinski definition) is 0. The summed E-state index contributed by atoms with van der Waals surface area (Å²) >= 11 is 0. The van der Waals surface area contributed by atoms with E-state index in [-0.39, 0.29) is 8.80 Å². The molecular formula is C8H22OSi3. The van der Waals surface area contributed by atoms with Crippen molar-refractivity contribution < 1.29 is 4.43 Å². The van der Waals surface area contributed by atoms with E-state index in [0.29, 0.717) is 0 Å². The fourth-order valence-electron chi connectivity index (χ4n) is 1.35. The standard InChI is InChI=1S/C8H22OSi3/c1-10(2)8-12(5,6)7-9-11(3)4/h7-8H2,1-6H3. The van der Waals surface area contributed by atoms with Gasteiger partial charge in [0.2, 0.25) is 9.04 Å². The lowest BCUT2D eigenvalue weighted by molar-refractivity contribution is 0.390. The normalized spacial score (nSPS) is 13.0. The van der Waals surface area contributed by atoms with Crippen molar-refractivity contribution in [2.24, 2.45) is 0 Å². The van der Waals surface area contributed by atoms with Gasteiger partial charge in [0.1, 0.15) is 0 Å². The van der Waals surface area contributed by atoms with Gasteiger partial charge in [-0.2, -0.15) is 0 Å². The second-order valence-electron chi connectivity index (χ2n) is 4.75. The Hall–Kier alpha value is 0.611. The van der Waals surface area contributed by atoms with E-state index < -0.39 is 17.1 Å². The molecule has 0 fully saturated rings. The van der Waals surface area contributed by atoms with Crippen molar-refractivity contribution in [2.45, 2.75) is 44.9 Å². The third kappa shape index (κ3) is 7.27. The first kappa shape index (κ1) is 12.6. The van der Waals surface area contributed by atoms with Gasteiger partial charge in [-0.15, -0.1) is 0 Å². The third-order valence-electron chi connectivity index (χ3n) is 1.58. The van der Waals surface area contributed by atoms with E-state index in [1.54, 1.807) is 0 Å². The molecule has 72 valence electrons. The first-order chi connectivity index (χ1) is 5.33. The van der Waals surface area contributed by atoms with E-state index in [0.717, 1.165) is 6.23 Å². The monoisotopic (exact) mass is 218 g/mol. The molecule has 0 atom stereocenters. The highest BCUT2D eigenvalue weighted by molar-refractivity contribution is 6.88. The maximum absolute atomic E-state index is 5.79. The Morgan fingerprint density at radius 3 is 1.92 bits per heavy atom. The van der Waals surface area contributed by atoms with Crippen molar-refractivity contribution >= 4 is 25.9 Å². The van der Waals surface area contributed by atoms with E-state index in [1.807, 2.05) is 0 Å². The van der Waals surface area contributed by atoms with Gasteiger partial charge < -0.3 is 4.43 Å². The lowest BCUT2D eigenvalue weighted by atomic mass is 11.6. The summed E-state index contributed by atoms with van der Waals surface area (Å²) in [6.45, 7) is 14.2. The zero-order valence-electron chi connectivity index (χ0n) is 9.32. The molecule has 0 rings (SSSR count). The number of rotatable bonds is 5. The van der Waals surface area contributed by atoms with Crippen LogP contribution >= 0.6 is 0 Å². The summed E-state index contributed by atoms with van der Waals surface area (Å²) in [5, 5.41) is 0. The van der Waals surface area contributed by atoms with Crippen LogP contribution in [0.5, 0.6) is 0 Å².